The summed E-state index contributed by atoms with van der Waals surface area (Å²) in [7, 11) is 0. The molecule has 6 N–H and O–H groups in total. The van der Waals surface area contributed by atoms with Crippen molar-refractivity contribution < 1.29 is 40.2 Å². The molecule has 3 aromatic carbocycles. The van der Waals surface area contributed by atoms with E-state index in [1.165, 1.54) is 24.3 Å². The molecule has 0 heterocycles. The van der Waals surface area contributed by atoms with Crippen molar-refractivity contribution in [1.82, 2.24) is 0 Å². The number of phenols is 4. The Bertz CT molecular complexity index is 1150. The third-order valence-electron chi connectivity index (χ3n) is 5.68. The maximum Gasteiger partial charge on any atom is 0.336 e. The number of aromatic carboxylic acids is 2. The van der Waals surface area contributed by atoms with Crippen molar-refractivity contribution in [3.63, 3.8) is 0 Å². The maximum absolute atomic E-state index is 10.5. The summed E-state index contributed by atoms with van der Waals surface area (Å²) in [6.45, 7) is 16.0. The van der Waals surface area contributed by atoms with Crippen LogP contribution in [0.1, 0.15) is 84.5 Å². The molecular formula is C30H38O8. The summed E-state index contributed by atoms with van der Waals surface area (Å²) in [4.78, 5) is 20.9. The van der Waals surface area contributed by atoms with Crippen LogP contribution in [0.5, 0.6) is 23.0 Å². The summed E-state index contributed by atoms with van der Waals surface area (Å²) in [5.41, 5.74) is 3.09. The summed E-state index contributed by atoms with van der Waals surface area (Å²) in [6, 6.07) is 12.5. The molecule has 8 nitrogen and oxygen atoms in total. The fourth-order valence-electron chi connectivity index (χ4n) is 3.24. The number of carbonyl (C=O) groups is 2. The minimum atomic E-state index is -1.23. The van der Waals surface area contributed by atoms with Gasteiger partial charge in [0.05, 0.1) is 11.1 Å². The van der Waals surface area contributed by atoms with Crippen molar-refractivity contribution in [2.45, 2.75) is 66.2 Å². The molecule has 0 aliphatic rings. The van der Waals surface area contributed by atoms with E-state index < -0.39 is 11.9 Å². The van der Waals surface area contributed by atoms with Gasteiger partial charge in [-0.25, -0.2) is 9.59 Å². The molecule has 0 saturated carbocycles. The minimum Gasteiger partial charge on any atom is -0.504 e. The van der Waals surface area contributed by atoms with Crippen LogP contribution in [0.3, 0.4) is 0 Å². The van der Waals surface area contributed by atoms with Crippen molar-refractivity contribution >= 4 is 11.9 Å². The number of carboxylic acids is 2. The molecule has 206 valence electrons. The number of benzene rings is 3. The SMILES string of the molecule is Cc1cc(C(C)(C)C)cc(O)c1O.Cc1cc(C(C)(C)C)cc(O)c1O.O=C(O)c1ccccc1C(=O)O. The van der Waals surface area contributed by atoms with E-state index in [1.54, 1.807) is 26.0 Å². The fourth-order valence-corrected chi connectivity index (χ4v) is 3.24. The molecule has 0 spiro atoms. The zero-order valence-corrected chi connectivity index (χ0v) is 23.1. The van der Waals surface area contributed by atoms with Gasteiger partial charge in [-0.05, 0) is 71.2 Å². The first-order chi connectivity index (χ1) is 17.3. The highest BCUT2D eigenvalue weighted by atomic mass is 16.4. The second-order valence-corrected chi connectivity index (χ2v) is 11.0. The van der Waals surface area contributed by atoms with Crippen molar-refractivity contribution in [2.24, 2.45) is 0 Å². The Kier molecular flexibility index (Phi) is 10.4. The third-order valence-corrected chi connectivity index (χ3v) is 5.68. The lowest BCUT2D eigenvalue weighted by atomic mass is 9.86. The standard InChI is InChI=1S/2C11H16O2.C8H6O4/c2*1-7-5-8(11(2,3)4)6-9(12)10(7)13;9-7(10)5-3-1-2-4-6(5)8(11)12/h2*5-6,12-13H,1-4H3;1-4H,(H,9,10)(H,11,12). The summed E-state index contributed by atoms with van der Waals surface area (Å²) < 4.78 is 0. The van der Waals surface area contributed by atoms with E-state index in [1.807, 2.05) is 12.1 Å². The summed E-state index contributed by atoms with van der Waals surface area (Å²) in [5.74, 6) is -2.57. The number of aryl methyl sites for hydroxylation is 2. The zero-order chi connectivity index (χ0) is 29.6. The summed E-state index contributed by atoms with van der Waals surface area (Å²) >= 11 is 0. The molecule has 0 bridgehead atoms. The van der Waals surface area contributed by atoms with Crippen LogP contribution >= 0.6 is 0 Å². The lowest BCUT2D eigenvalue weighted by molar-refractivity contribution is 0.0651. The lowest BCUT2D eigenvalue weighted by Gasteiger charge is -2.20. The first kappa shape index (κ1) is 31.8. The second-order valence-electron chi connectivity index (χ2n) is 11.0. The average molecular weight is 527 g/mol. The molecule has 0 aromatic heterocycles. The van der Waals surface area contributed by atoms with Gasteiger partial charge in [0.15, 0.2) is 23.0 Å². The molecule has 0 atom stereocenters. The first-order valence-electron chi connectivity index (χ1n) is 11.9. The molecule has 3 rings (SSSR count). The summed E-state index contributed by atoms with van der Waals surface area (Å²) in [5, 5.41) is 54.6. The number of phenolic OH excluding ortho intramolecular Hbond substituents is 4. The Morgan fingerprint density at radius 1 is 0.579 bits per heavy atom. The van der Waals surface area contributed by atoms with Gasteiger partial charge in [-0.1, -0.05) is 65.8 Å². The van der Waals surface area contributed by atoms with Crippen LogP contribution in [0.4, 0.5) is 0 Å². The number of carboxylic acid groups (broad SMARTS) is 2. The summed E-state index contributed by atoms with van der Waals surface area (Å²) in [6.07, 6.45) is 0. The van der Waals surface area contributed by atoms with Gasteiger partial charge in [0, 0.05) is 0 Å². The van der Waals surface area contributed by atoms with E-state index in [-0.39, 0.29) is 45.0 Å². The Balaban J connectivity index is 0.000000285. The molecule has 0 radical (unpaired) electrons. The quantitative estimate of drug-likeness (QED) is 0.207. The molecule has 0 saturated heterocycles. The fraction of sp³-hybridized carbons (Fsp3) is 0.333. The van der Waals surface area contributed by atoms with Gasteiger partial charge < -0.3 is 30.6 Å². The minimum absolute atomic E-state index is 0.00403. The number of rotatable bonds is 2. The van der Waals surface area contributed by atoms with Crippen LogP contribution < -0.4 is 0 Å². The lowest BCUT2D eigenvalue weighted by Crippen LogP contribution is -2.10. The van der Waals surface area contributed by atoms with Crippen LogP contribution in [0, 0.1) is 13.8 Å². The van der Waals surface area contributed by atoms with Crippen molar-refractivity contribution in [2.75, 3.05) is 0 Å². The molecule has 3 aromatic rings. The van der Waals surface area contributed by atoms with Crippen LogP contribution in [-0.2, 0) is 10.8 Å². The van der Waals surface area contributed by atoms with Crippen molar-refractivity contribution in [3.05, 3.63) is 81.9 Å². The molecule has 0 unspecified atom stereocenters. The highest BCUT2D eigenvalue weighted by Crippen LogP contribution is 2.35. The Labute approximate surface area is 223 Å². The second kappa shape index (κ2) is 12.4. The Hall–Kier alpha value is -4.20. The Morgan fingerprint density at radius 3 is 1.08 bits per heavy atom. The first-order valence-corrected chi connectivity index (χ1v) is 11.9. The average Bonchev–Trinajstić information content (AvgIpc) is 2.79. The van der Waals surface area contributed by atoms with Gasteiger partial charge in [-0.15, -0.1) is 0 Å². The topological polar surface area (TPSA) is 156 Å². The normalized spacial score (nSPS) is 10.9. The van der Waals surface area contributed by atoms with Gasteiger partial charge in [-0.2, -0.15) is 0 Å². The molecule has 0 fully saturated rings. The van der Waals surface area contributed by atoms with Gasteiger partial charge >= 0.3 is 11.9 Å². The third kappa shape index (κ3) is 8.73. The van der Waals surface area contributed by atoms with Crippen LogP contribution in [0.25, 0.3) is 0 Å². The van der Waals surface area contributed by atoms with Gasteiger partial charge in [0.2, 0.25) is 0 Å². The largest absolute Gasteiger partial charge is 0.504 e. The predicted octanol–water partition coefficient (Wildman–Crippen LogP) is 6.49. The number of hydrogen-bond donors (Lipinski definition) is 6. The van der Waals surface area contributed by atoms with Crippen LogP contribution in [0.2, 0.25) is 0 Å². The Morgan fingerprint density at radius 2 is 0.868 bits per heavy atom. The van der Waals surface area contributed by atoms with E-state index in [2.05, 4.69) is 41.5 Å². The molecule has 8 heteroatoms. The number of hydrogen-bond acceptors (Lipinski definition) is 6. The van der Waals surface area contributed by atoms with E-state index >= 15 is 0 Å². The number of aromatic hydroxyl groups is 4. The smallest absolute Gasteiger partial charge is 0.336 e. The molecule has 38 heavy (non-hydrogen) atoms. The molecule has 0 aliphatic heterocycles. The van der Waals surface area contributed by atoms with E-state index in [4.69, 9.17) is 10.2 Å². The van der Waals surface area contributed by atoms with Gasteiger partial charge in [0.25, 0.3) is 0 Å². The maximum atomic E-state index is 10.5. The zero-order valence-electron chi connectivity index (χ0n) is 23.1. The molecule has 0 aliphatic carbocycles. The highest BCUT2D eigenvalue weighted by Gasteiger charge is 2.18. The highest BCUT2D eigenvalue weighted by molar-refractivity contribution is 6.01. The van der Waals surface area contributed by atoms with Crippen molar-refractivity contribution in [1.29, 1.82) is 0 Å². The van der Waals surface area contributed by atoms with E-state index in [0.29, 0.717) is 11.1 Å². The van der Waals surface area contributed by atoms with Crippen LogP contribution in [0.15, 0.2) is 48.5 Å². The van der Waals surface area contributed by atoms with E-state index in [9.17, 15) is 30.0 Å². The van der Waals surface area contributed by atoms with Crippen LogP contribution in [-0.4, -0.2) is 42.6 Å². The van der Waals surface area contributed by atoms with Gasteiger partial charge in [0.1, 0.15) is 0 Å². The monoisotopic (exact) mass is 526 g/mol. The van der Waals surface area contributed by atoms with Gasteiger partial charge in [-0.3, -0.25) is 0 Å². The predicted molar refractivity (Wildman–Crippen MR) is 147 cm³/mol. The van der Waals surface area contributed by atoms with Crippen molar-refractivity contribution in [3.8, 4) is 23.0 Å². The van der Waals surface area contributed by atoms with E-state index in [0.717, 1.165) is 11.1 Å². The molecule has 0 amide bonds. The molecular weight excluding hydrogens is 488 g/mol.